The van der Waals surface area contributed by atoms with Crippen LogP contribution in [0.25, 0.3) is 6.08 Å². The lowest BCUT2D eigenvalue weighted by Gasteiger charge is -2.24. The number of benzene rings is 1. The molecular formula is C16H21NO3. The summed E-state index contributed by atoms with van der Waals surface area (Å²) in [5.74, 6) is 0.488. The van der Waals surface area contributed by atoms with Crippen LogP contribution in [0.1, 0.15) is 32.3 Å². The zero-order valence-electron chi connectivity index (χ0n) is 12.1. The molecule has 4 nitrogen and oxygen atoms in total. The van der Waals surface area contributed by atoms with Gasteiger partial charge in [-0.15, -0.1) is 0 Å². The van der Waals surface area contributed by atoms with Gasteiger partial charge >= 0.3 is 0 Å². The average Bonchev–Trinajstić information content (AvgIpc) is 2.71. The van der Waals surface area contributed by atoms with Crippen LogP contribution in [0, 0.1) is 5.92 Å². The number of rotatable bonds is 3. The largest absolute Gasteiger partial charge is 0.504 e. The summed E-state index contributed by atoms with van der Waals surface area (Å²) in [7, 11) is 1.50. The molecule has 0 heterocycles. The predicted molar refractivity (Wildman–Crippen MR) is 78.6 cm³/mol. The summed E-state index contributed by atoms with van der Waals surface area (Å²) in [6.45, 7) is 3.77. The minimum absolute atomic E-state index is 0.0722. The van der Waals surface area contributed by atoms with Gasteiger partial charge in [0.1, 0.15) is 0 Å². The van der Waals surface area contributed by atoms with Crippen LogP contribution in [0.4, 0.5) is 0 Å². The van der Waals surface area contributed by atoms with Crippen molar-refractivity contribution in [2.45, 2.75) is 32.2 Å². The molecule has 20 heavy (non-hydrogen) atoms. The van der Waals surface area contributed by atoms with Crippen LogP contribution in [0.2, 0.25) is 0 Å². The monoisotopic (exact) mass is 275 g/mol. The summed E-state index contributed by atoms with van der Waals surface area (Å²) in [5, 5.41) is 9.75. The van der Waals surface area contributed by atoms with Gasteiger partial charge in [-0.2, -0.15) is 0 Å². The summed E-state index contributed by atoms with van der Waals surface area (Å²) < 4.78 is 5.00. The third-order valence-corrected chi connectivity index (χ3v) is 3.78. The molecule has 0 amide bonds. The van der Waals surface area contributed by atoms with E-state index in [0.29, 0.717) is 5.75 Å². The smallest absolute Gasteiger partial charge is 0.163 e. The third kappa shape index (κ3) is 2.85. The van der Waals surface area contributed by atoms with Crippen molar-refractivity contribution in [3.05, 3.63) is 29.3 Å². The molecule has 0 aliphatic heterocycles. The molecule has 1 aliphatic rings. The highest BCUT2D eigenvalue weighted by Crippen LogP contribution is 2.35. The van der Waals surface area contributed by atoms with Crippen LogP contribution in [-0.2, 0) is 4.79 Å². The minimum Gasteiger partial charge on any atom is -0.504 e. The number of phenols is 1. The van der Waals surface area contributed by atoms with Gasteiger partial charge in [0.05, 0.1) is 7.11 Å². The van der Waals surface area contributed by atoms with E-state index in [9.17, 15) is 9.90 Å². The Kier molecular flexibility index (Phi) is 3.86. The molecule has 0 spiro atoms. The lowest BCUT2D eigenvalue weighted by Crippen LogP contribution is -2.42. The molecule has 108 valence electrons. The van der Waals surface area contributed by atoms with Crippen LogP contribution >= 0.6 is 0 Å². The third-order valence-electron chi connectivity index (χ3n) is 3.78. The fraction of sp³-hybridized carbons (Fsp3) is 0.438. The average molecular weight is 275 g/mol. The molecule has 1 fully saturated rings. The lowest BCUT2D eigenvalue weighted by atomic mass is 9.86. The quantitative estimate of drug-likeness (QED) is 0.831. The molecule has 0 radical (unpaired) electrons. The van der Waals surface area contributed by atoms with E-state index in [-0.39, 0.29) is 17.5 Å². The zero-order valence-corrected chi connectivity index (χ0v) is 12.1. The maximum absolute atomic E-state index is 12.3. The topological polar surface area (TPSA) is 72.5 Å². The number of methoxy groups -OCH3 is 1. The summed E-state index contributed by atoms with van der Waals surface area (Å²) in [6.07, 6.45) is 3.35. The predicted octanol–water partition coefficient (Wildman–Crippen LogP) is 2.50. The van der Waals surface area contributed by atoms with Crippen molar-refractivity contribution in [2.24, 2.45) is 11.7 Å². The van der Waals surface area contributed by atoms with Gasteiger partial charge in [-0.05, 0) is 56.0 Å². The molecule has 1 aromatic rings. The van der Waals surface area contributed by atoms with E-state index >= 15 is 0 Å². The molecule has 4 heteroatoms. The van der Waals surface area contributed by atoms with E-state index in [1.807, 2.05) is 26.0 Å². The normalized spacial score (nSPS) is 21.5. The van der Waals surface area contributed by atoms with Crippen LogP contribution < -0.4 is 10.5 Å². The van der Waals surface area contributed by atoms with Crippen molar-refractivity contribution in [2.75, 3.05) is 7.11 Å². The van der Waals surface area contributed by atoms with Gasteiger partial charge in [-0.25, -0.2) is 0 Å². The standard InChI is InChI=1S/C16H21NO3/c1-16(2,17)12-6-5-11(15(12)19)8-10-4-7-14(20-3)13(18)9-10/h4,7-9,12,18H,5-6,17H2,1-3H3/b11-8-. The number of aromatic hydroxyl groups is 1. The van der Waals surface area contributed by atoms with E-state index in [2.05, 4.69) is 0 Å². The van der Waals surface area contributed by atoms with E-state index < -0.39 is 5.54 Å². The van der Waals surface area contributed by atoms with E-state index in [1.54, 1.807) is 12.1 Å². The maximum atomic E-state index is 12.3. The maximum Gasteiger partial charge on any atom is 0.163 e. The number of hydrogen-bond acceptors (Lipinski definition) is 4. The number of carbonyl (C=O) groups is 1. The number of allylic oxidation sites excluding steroid dienone is 1. The number of carbonyl (C=O) groups excluding carboxylic acids is 1. The van der Waals surface area contributed by atoms with Crippen LogP contribution in [0.15, 0.2) is 23.8 Å². The van der Waals surface area contributed by atoms with Gasteiger partial charge in [0.15, 0.2) is 17.3 Å². The SMILES string of the molecule is COc1ccc(/C=C2/CCC(C(C)(C)N)C2=O)cc1O. The fourth-order valence-corrected chi connectivity index (χ4v) is 2.63. The Morgan fingerprint density at radius 3 is 2.65 bits per heavy atom. The molecule has 0 bridgehead atoms. The molecule has 1 unspecified atom stereocenters. The van der Waals surface area contributed by atoms with Crippen molar-refractivity contribution in [3.8, 4) is 11.5 Å². The molecule has 1 saturated carbocycles. The van der Waals surface area contributed by atoms with Crippen molar-refractivity contribution in [1.29, 1.82) is 0 Å². The summed E-state index contributed by atoms with van der Waals surface area (Å²) in [5.41, 5.74) is 7.12. The summed E-state index contributed by atoms with van der Waals surface area (Å²) in [4.78, 5) is 12.3. The second-order valence-electron chi connectivity index (χ2n) is 5.88. The van der Waals surface area contributed by atoms with Gasteiger partial charge < -0.3 is 15.6 Å². The number of ketones is 1. The van der Waals surface area contributed by atoms with Gasteiger partial charge in [0.25, 0.3) is 0 Å². The highest BCUT2D eigenvalue weighted by molar-refractivity contribution is 6.03. The first-order valence-corrected chi connectivity index (χ1v) is 6.73. The van der Waals surface area contributed by atoms with Gasteiger partial charge in [-0.3, -0.25) is 4.79 Å². The van der Waals surface area contributed by atoms with E-state index in [0.717, 1.165) is 24.0 Å². The molecule has 3 N–H and O–H groups in total. The number of phenolic OH excluding ortho intramolecular Hbond substituents is 1. The molecule has 2 rings (SSSR count). The van der Waals surface area contributed by atoms with Crippen molar-refractivity contribution < 1.29 is 14.6 Å². The fourth-order valence-electron chi connectivity index (χ4n) is 2.63. The summed E-state index contributed by atoms with van der Waals surface area (Å²) in [6, 6.07) is 5.10. The number of Topliss-reactive ketones (excluding diaryl/α,β-unsaturated/α-hetero) is 1. The van der Waals surface area contributed by atoms with E-state index in [4.69, 9.17) is 10.5 Å². The Labute approximate surface area is 119 Å². The van der Waals surface area contributed by atoms with Crippen LogP contribution in [0.5, 0.6) is 11.5 Å². The Balaban J connectivity index is 2.25. The number of ether oxygens (including phenoxy) is 1. The number of hydrogen-bond donors (Lipinski definition) is 2. The second-order valence-corrected chi connectivity index (χ2v) is 5.88. The lowest BCUT2D eigenvalue weighted by molar-refractivity contribution is -0.119. The first kappa shape index (κ1) is 14.6. The summed E-state index contributed by atoms with van der Waals surface area (Å²) >= 11 is 0. The molecule has 0 aromatic heterocycles. The van der Waals surface area contributed by atoms with Crippen molar-refractivity contribution in [3.63, 3.8) is 0 Å². The molecule has 1 atom stereocenters. The van der Waals surface area contributed by atoms with Gasteiger partial charge in [0, 0.05) is 11.5 Å². The molecule has 0 saturated heterocycles. The van der Waals surface area contributed by atoms with Crippen molar-refractivity contribution >= 4 is 11.9 Å². The molecule has 1 aromatic carbocycles. The Morgan fingerprint density at radius 1 is 1.45 bits per heavy atom. The first-order chi connectivity index (χ1) is 9.32. The van der Waals surface area contributed by atoms with Crippen LogP contribution in [-0.4, -0.2) is 23.5 Å². The molecule has 1 aliphatic carbocycles. The number of nitrogens with two attached hydrogens (primary N) is 1. The highest BCUT2D eigenvalue weighted by Gasteiger charge is 2.37. The first-order valence-electron chi connectivity index (χ1n) is 6.73. The van der Waals surface area contributed by atoms with E-state index in [1.165, 1.54) is 7.11 Å². The minimum atomic E-state index is -0.491. The van der Waals surface area contributed by atoms with Gasteiger partial charge in [-0.1, -0.05) is 6.07 Å². The highest BCUT2D eigenvalue weighted by atomic mass is 16.5. The Bertz CT molecular complexity index is 555. The Hall–Kier alpha value is -1.81. The molecular weight excluding hydrogens is 254 g/mol. The Morgan fingerprint density at radius 2 is 2.15 bits per heavy atom. The second kappa shape index (κ2) is 5.29. The van der Waals surface area contributed by atoms with Gasteiger partial charge in [0.2, 0.25) is 0 Å². The zero-order chi connectivity index (χ0) is 14.9. The van der Waals surface area contributed by atoms with Crippen LogP contribution in [0.3, 0.4) is 0 Å². The van der Waals surface area contributed by atoms with Crippen molar-refractivity contribution in [1.82, 2.24) is 0 Å².